The Hall–Kier alpha value is -1.92. The smallest absolute Gasteiger partial charge is 0.306 e. The molecule has 0 aliphatic rings. The molecule has 6 nitrogen and oxygen atoms in total. The Balaban J connectivity index is 4.45. The Morgan fingerprint density at radius 1 is 0.577 bits per heavy atom. The second-order valence-electron chi connectivity index (χ2n) is 15.1. The van der Waals surface area contributed by atoms with Crippen LogP contribution >= 0.6 is 0 Å². The number of carbonyl (C=O) groups is 2. The maximum Gasteiger partial charge on any atom is 0.306 e. The number of esters is 1. The van der Waals surface area contributed by atoms with E-state index < -0.39 is 18.2 Å². The van der Waals surface area contributed by atoms with Gasteiger partial charge >= 0.3 is 5.97 Å². The van der Waals surface area contributed by atoms with Crippen molar-refractivity contribution in [1.82, 2.24) is 5.32 Å². The molecule has 0 spiro atoms. The molecule has 0 heterocycles. The van der Waals surface area contributed by atoms with Gasteiger partial charge in [0.1, 0.15) is 6.10 Å². The molecule has 0 aliphatic carbocycles. The molecule has 0 saturated heterocycles. The van der Waals surface area contributed by atoms with Crippen molar-refractivity contribution in [3.8, 4) is 0 Å². The van der Waals surface area contributed by atoms with Crippen molar-refractivity contribution in [2.75, 3.05) is 6.61 Å². The van der Waals surface area contributed by atoms with E-state index in [0.717, 1.165) is 83.5 Å². The monoisotopic (exact) mass is 732 g/mol. The van der Waals surface area contributed by atoms with E-state index in [0.29, 0.717) is 19.3 Å². The molecular weight excluding hydrogens is 647 g/mol. The van der Waals surface area contributed by atoms with Gasteiger partial charge in [-0.05, 0) is 57.8 Å². The van der Waals surface area contributed by atoms with Gasteiger partial charge in [-0.15, -0.1) is 0 Å². The highest BCUT2D eigenvalue weighted by Gasteiger charge is 2.24. The summed E-state index contributed by atoms with van der Waals surface area (Å²) in [6.07, 6.45) is 45.0. The van der Waals surface area contributed by atoms with E-state index in [1.807, 2.05) is 0 Å². The second-order valence-corrected chi connectivity index (χ2v) is 15.1. The minimum atomic E-state index is -0.783. The van der Waals surface area contributed by atoms with Gasteiger partial charge in [0.2, 0.25) is 5.91 Å². The maximum atomic E-state index is 13.0. The molecule has 3 atom stereocenters. The van der Waals surface area contributed by atoms with E-state index in [9.17, 15) is 19.8 Å². The molecule has 0 aromatic carbocycles. The van der Waals surface area contributed by atoms with Crippen LogP contribution in [0.15, 0.2) is 36.5 Å². The van der Waals surface area contributed by atoms with Gasteiger partial charge in [-0.1, -0.05) is 186 Å². The summed E-state index contributed by atoms with van der Waals surface area (Å²) in [5.41, 5.74) is 0. The molecule has 1 amide bonds. The van der Waals surface area contributed by atoms with E-state index in [1.165, 1.54) is 89.9 Å². The lowest BCUT2D eigenvalue weighted by atomic mass is 10.0. The van der Waals surface area contributed by atoms with Gasteiger partial charge in [-0.3, -0.25) is 9.59 Å². The molecule has 6 heteroatoms. The lowest BCUT2D eigenvalue weighted by Gasteiger charge is -2.24. The normalized spacial score (nSPS) is 13.7. The van der Waals surface area contributed by atoms with Gasteiger partial charge in [0, 0.05) is 6.42 Å². The predicted octanol–water partition coefficient (Wildman–Crippen LogP) is 12.6. The van der Waals surface area contributed by atoms with E-state index >= 15 is 0 Å². The first-order valence-corrected chi connectivity index (χ1v) is 22.2. The highest BCUT2D eigenvalue weighted by molar-refractivity contribution is 5.77. The highest BCUT2D eigenvalue weighted by atomic mass is 16.5. The summed E-state index contributed by atoms with van der Waals surface area (Å²) in [5.74, 6) is -0.492. The third-order valence-electron chi connectivity index (χ3n) is 9.98. The van der Waals surface area contributed by atoms with E-state index in [-0.39, 0.29) is 24.9 Å². The van der Waals surface area contributed by atoms with Gasteiger partial charge in [0.05, 0.1) is 25.2 Å². The highest BCUT2D eigenvalue weighted by Crippen LogP contribution is 2.17. The third-order valence-corrected chi connectivity index (χ3v) is 9.98. The number of hydrogen-bond donors (Lipinski definition) is 3. The number of ether oxygens (including phenoxy) is 1. The number of aliphatic hydroxyl groups is 2. The van der Waals surface area contributed by atoms with E-state index in [2.05, 4.69) is 62.5 Å². The standard InChI is InChI=1S/C46H85NO5/c1-4-7-10-13-16-18-20-21-22-23-24-25-27-30-33-36-39-46(51)52-42(37-34-31-28-15-12-9-6-3)40-45(50)47-43(41-48)44(49)38-35-32-29-26-19-17-14-11-8-5-2/h7,10,16,18,21-22,42-44,48-49H,4-6,8-9,11-15,17,19-20,23-41H2,1-3H3,(H,47,50)/b10-7+,18-16+,22-21+. The number of aliphatic hydroxyl groups excluding tert-OH is 2. The fourth-order valence-corrected chi connectivity index (χ4v) is 6.62. The summed E-state index contributed by atoms with van der Waals surface area (Å²) in [6.45, 7) is 6.31. The average molecular weight is 732 g/mol. The maximum absolute atomic E-state index is 13.0. The molecule has 3 N–H and O–H groups in total. The summed E-state index contributed by atoms with van der Waals surface area (Å²) in [4.78, 5) is 25.8. The van der Waals surface area contributed by atoms with Gasteiger partial charge in [0.25, 0.3) is 0 Å². The minimum Gasteiger partial charge on any atom is -0.462 e. The molecule has 0 radical (unpaired) electrons. The Morgan fingerprint density at radius 2 is 1.04 bits per heavy atom. The molecule has 0 saturated carbocycles. The summed E-state index contributed by atoms with van der Waals surface area (Å²) in [6, 6.07) is -0.697. The molecule has 0 bridgehead atoms. The van der Waals surface area contributed by atoms with Crippen LogP contribution in [0.5, 0.6) is 0 Å². The number of unbranched alkanes of at least 4 members (excludes halogenated alkanes) is 21. The SMILES string of the molecule is CC/C=C/C/C=C/C/C=C/CCCCCCCCC(=O)OC(CCCCCCCCC)CC(=O)NC(CO)C(O)CCCCCCCCCCCC. The molecule has 52 heavy (non-hydrogen) atoms. The fourth-order valence-electron chi connectivity index (χ4n) is 6.62. The Bertz CT molecular complexity index is 869. The Kier molecular flexibility index (Phi) is 38.8. The van der Waals surface area contributed by atoms with Crippen LogP contribution in [0, 0.1) is 0 Å². The van der Waals surface area contributed by atoms with Crippen molar-refractivity contribution in [2.45, 2.75) is 238 Å². The number of nitrogens with one attached hydrogen (secondary N) is 1. The first-order valence-electron chi connectivity index (χ1n) is 22.2. The number of allylic oxidation sites excluding steroid dienone is 6. The van der Waals surface area contributed by atoms with Crippen molar-refractivity contribution in [3.63, 3.8) is 0 Å². The van der Waals surface area contributed by atoms with Crippen LogP contribution in [0.1, 0.15) is 220 Å². The zero-order valence-electron chi connectivity index (χ0n) is 34.4. The van der Waals surface area contributed by atoms with Gasteiger partial charge in [0.15, 0.2) is 0 Å². The van der Waals surface area contributed by atoms with Gasteiger partial charge in [-0.2, -0.15) is 0 Å². The topological polar surface area (TPSA) is 95.9 Å². The lowest BCUT2D eigenvalue weighted by Crippen LogP contribution is -2.46. The largest absolute Gasteiger partial charge is 0.462 e. The molecular formula is C46H85NO5. The van der Waals surface area contributed by atoms with E-state index in [1.54, 1.807) is 0 Å². The molecule has 0 aliphatic heterocycles. The fraction of sp³-hybridized carbons (Fsp3) is 0.826. The summed E-state index contributed by atoms with van der Waals surface area (Å²) >= 11 is 0. The van der Waals surface area contributed by atoms with Crippen LogP contribution in [0.4, 0.5) is 0 Å². The lowest BCUT2D eigenvalue weighted by molar-refractivity contribution is -0.151. The molecule has 0 aromatic heterocycles. The second kappa shape index (κ2) is 40.3. The van der Waals surface area contributed by atoms with Gasteiger partial charge in [-0.25, -0.2) is 0 Å². The number of hydrogen-bond acceptors (Lipinski definition) is 5. The molecule has 304 valence electrons. The number of carbonyl (C=O) groups excluding carboxylic acids is 2. The van der Waals surface area contributed by atoms with E-state index in [4.69, 9.17) is 4.74 Å². The van der Waals surface area contributed by atoms with Crippen molar-refractivity contribution in [3.05, 3.63) is 36.5 Å². The van der Waals surface area contributed by atoms with Crippen molar-refractivity contribution < 1.29 is 24.5 Å². The molecule has 0 rings (SSSR count). The molecule has 0 aromatic rings. The van der Waals surface area contributed by atoms with Crippen molar-refractivity contribution >= 4 is 11.9 Å². The van der Waals surface area contributed by atoms with Crippen LogP contribution in [0.3, 0.4) is 0 Å². The van der Waals surface area contributed by atoms with Gasteiger partial charge < -0.3 is 20.3 Å². The zero-order chi connectivity index (χ0) is 38.2. The van der Waals surface area contributed by atoms with Crippen LogP contribution in [0.2, 0.25) is 0 Å². The van der Waals surface area contributed by atoms with Crippen LogP contribution in [0.25, 0.3) is 0 Å². The average Bonchev–Trinajstić information content (AvgIpc) is 3.13. The van der Waals surface area contributed by atoms with Crippen LogP contribution in [-0.4, -0.2) is 46.9 Å². The summed E-state index contributed by atoms with van der Waals surface area (Å²) in [5, 5.41) is 23.5. The third kappa shape index (κ3) is 35.1. The van der Waals surface area contributed by atoms with Crippen molar-refractivity contribution in [2.24, 2.45) is 0 Å². The van der Waals surface area contributed by atoms with Crippen molar-refractivity contribution in [1.29, 1.82) is 0 Å². The Labute approximate surface area is 322 Å². The Morgan fingerprint density at radius 3 is 1.58 bits per heavy atom. The number of rotatable bonds is 39. The molecule has 3 unspecified atom stereocenters. The zero-order valence-corrected chi connectivity index (χ0v) is 34.4. The number of amides is 1. The molecule has 0 fully saturated rings. The summed E-state index contributed by atoms with van der Waals surface area (Å²) in [7, 11) is 0. The first kappa shape index (κ1) is 50.1. The first-order chi connectivity index (χ1) is 25.5. The minimum absolute atomic E-state index is 0.0735. The van der Waals surface area contributed by atoms with Crippen LogP contribution in [-0.2, 0) is 14.3 Å². The predicted molar refractivity (Wildman–Crippen MR) is 222 cm³/mol. The summed E-state index contributed by atoms with van der Waals surface area (Å²) < 4.78 is 5.86. The quantitative estimate of drug-likeness (QED) is 0.0332. The van der Waals surface area contributed by atoms with Crippen LogP contribution < -0.4 is 5.32 Å².